The molecule has 0 saturated heterocycles. The molecule has 21 heavy (non-hydrogen) atoms. The van der Waals surface area contributed by atoms with Crippen LogP contribution in [0.1, 0.15) is 36.1 Å². The van der Waals surface area contributed by atoms with Crippen molar-refractivity contribution in [1.29, 1.82) is 0 Å². The van der Waals surface area contributed by atoms with Crippen molar-refractivity contribution in [2.75, 3.05) is 25.5 Å². The molecule has 1 N–H and O–H groups in total. The van der Waals surface area contributed by atoms with E-state index >= 15 is 0 Å². The van der Waals surface area contributed by atoms with Crippen LogP contribution in [0.4, 0.5) is 5.69 Å². The second kappa shape index (κ2) is 7.28. The molecule has 2 aromatic rings. The third kappa shape index (κ3) is 3.85. The second-order valence-electron chi connectivity index (χ2n) is 5.73. The third-order valence-electron chi connectivity index (χ3n) is 3.84. The highest BCUT2D eigenvalue weighted by molar-refractivity contribution is 5.48. The summed E-state index contributed by atoms with van der Waals surface area (Å²) in [6.45, 7) is 5.41. The van der Waals surface area contributed by atoms with Crippen LogP contribution in [0.25, 0.3) is 0 Å². The molecule has 0 heterocycles. The first-order valence-electron chi connectivity index (χ1n) is 7.69. The highest BCUT2D eigenvalue weighted by atomic mass is 15.1. The fourth-order valence-electron chi connectivity index (χ4n) is 2.57. The van der Waals surface area contributed by atoms with E-state index in [-0.39, 0.29) is 6.04 Å². The Hall–Kier alpha value is -1.80. The summed E-state index contributed by atoms with van der Waals surface area (Å²) in [5.74, 6) is 0. The van der Waals surface area contributed by atoms with Crippen LogP contribution in [0.15, 0.2) is 48.5 Å². The minimum atomic E-state index is 0.266. The minimum Gasteiger partial charge on any atom is -0.378 e. The first-order chi connectivity index (χ1) is 10.1. The van der Waals surface area contributed by atoms with Crippen molar-refractivity contribution < 1.29 is 0 Å². The maximum Gasteiger partial charge on any atom is 0.0579 e. The van der Waals surface area contributed by atoms with Gasteiger partial charge in [-0.05, 0) is 48.7 Å². The Morgan fingerprint density at radius 3 is 2.24 bits per heavy atom. The summed E-state index contributed by atoms with van der Waals surface area (Å²) < 4.78 is 0. The van der Waals surface area contributed by atoms with Crippen LogP contribution in [-0.4, -0.2) is 20.6 Å². The maximum absolute atomic E-state index is 3.68. The summed E-state index contributed by atoms with van der Waals surface area (Å²) >= 11 is 0. The molecule has 0 amide bonds. The van der Waals surface area contributed by atoms with Gasteiger partial charge >= 0.3 is 0 Å². The summed E-state index contributed by atoms with van der Waals surface area (Å²) in [6, 6.07) is 17.7. The van der Waals surface area contributed by atoms with E-state index in [1.165, 1.54) is 22.4 Å². The van der Waals surface area contributed by atoms with E-state index in [1.54, 1.807) is 0 Å². The molecule has 0 aliphatic rings. The van der Waals surface area contributed by atoms with Gasteiger partial charge in [-0.25, -0.2) is 0 Å². The lowest BCUT2D eigenvalue weighted by Gasteiger charge is -2.22. The number of nitrogens with zero attached hydrogens (tertiary/aromatic N) is 1. The Kier molecular flexibility index (Phi) is 5.40. The van der Waals surface area contributed by atoms with Crippen LogP contribution < -0.4 is 10.2 Å². The van der Waals surface area contributed by atoms with Crippen molar-refractivity contribution in [3.8, 4) is 0 Å². The van der Waals surface area contributed by atoms with Gasteiger partial charge in [0.15, 0.2) is 0 Å². The average Bonchev–Trinajstić information content (AvgIpc) is 2.50. The zero-order valence-corrected chi connectivity index (χ0v) is 13.6. The summed E-state index contributed by atoms with van der Waals surface area (Å²) in [7, 11) is 4.15. The van der Waals surface area contributed by atoms with Crippen LogP contribution in [0, 0.1) is 6.92 Å². The number of rotatable bonds is 6. The number of nitrogens with one attached hydrogen (secondary N) is 1. The van der Waals surface area contributed by atoms with Gasteiger partial charge in [0.25, 0.3) is 0 Å². The Morgan fingerprint density at radius 2 is 1.67 bits per heavy atom. The molecule has 2 nitrogen and oxygen atoms in total. The van der Waals surface area contributed by atoms with E-state index in [0.717, 1.165) is 13.0 Å². The highest BCUT2D eigenvalue weighted by Gasteiger charge is 2.15. The first kappa shape index (κ1) is 15.6. The van der Waals surface area contributed by atoms with E-state index in [4.69, 9.17) is 0 Å². The van der Waals surface area contributed by atoms with Crippen molar-refractivity contribution in [2.24, 2.45) is 0 Å². The van der Waals surface area contributed by atoms with E-state index in [1.807, 2.05) is 0 Å². The number of anilines is 1. The molecule has 2 rings (SSSR count). The topological polar surface area (TPSA) is 15.3 Å². The van der Waals surface area contributed by atoms with E-state index in [0.29, 0.717) is 0 Å². The van der Waals surface area contributed by atoms with Crippen molar-refractivity contribution in [1.82, 2.24) is 5.32 Å². The Bertz CT molecular complexity index is 558. The van der Waals surface area contributed by atoms with Crippen molar-refractivity contribution in [2.45, 2.75) is 26.3 Å². The van der Waals surface area contributed by atoms with Crippen LogP contribution in [-0.2, 0) is 0 Å². The van der Waals surface area contributed by atoms with Gasteiger partial charge in [0, 0.05) is 19.8 Å². The van der Waals surface area contributed by atoms with Crippen molar-refractivity contribution in [3.63, 3.8) is 0 Å². The van der Waals surface area contributed by atoms with Gasteiger partial charge in [-0.3, -0.25) is 0 Å². The average molecular weight is 282 g/mol. The molecule has 0 radical (unpaired) electrons. The van der Waals surface area contributed by atoms with E-state index in [2.05, 4.69) is 86.7 Å². The van der Waals surface area contributed by atoms with Gasteiger partial charge in [0.1, 0.15) is 0 Å². The molecule has 1 unspecified atom stereocenters. The standard InChI is InChI=1S/C19H26N2/c1-5-14-20-19(18-9-7-6-8-15(18)2)16-10-12-17(13-11-16)21(3)4/h6-13,19-20H,5,14H2,1-4H3. The van der Waals surface area contributed by atoms with Gasteiger partial charge < -0.3 is 10.2 Å². The quantitative estimate of drug-likeness (QED) is 0.856. The lowest BCUT2D eigenvalue weighted by atomic mass is 9.94. The van der Waals surface area contributed by atoms with Gasteiger partial charge in [-0.1, -0.05) is 43.3 Å². The molecule has 2 aromatic carbocycles. The minimum absolute atomic E-state index is 0.266. The van der Waals surface area contributed by atoms with Gasteiger partial charge in [0.05, 0.1) is 6.04 Å². The van der Waals surface area contributed by atoms with Crippen LogP contribution in [0.3, 0.4) is 0 Å². The monoisotopic (exact) mass is 282 g/mol. The summed E-state index contributed by atoms with van der Waals surface area (Å²) in [5.41, 5.74) is 5.26. The van der Waals surface area contributed by atoms with Crippen molar-refractivity contribution in [3.05, 3.63) is 65.2 Å². The molecular weight excluding hydrogens is 256 g/mol. The summed E-state index contributed by atoms with van der Waals surface area (Å²) in [6.07, 6.45) is 1.14. The normalized spacial score (nSPS) is 12.2. The number of aryl methyl sites for hydroxylation is 1. The molecule has 1 atom stereocenters. The zero-order valence-electron chi connectivity index (χ0n) is 13.6. The largest absolute Gasteiger partial charge is 0.378 e. The molecule has 0 aliphatic heterocycles. The Morgan fingerprint density at radius 1 is 1.00 bits per heavy atom. The predicted molar refractivity (Wildman–Crippen MR) is 92.1 cm³/mol. The number of benzene rings is 2. The number of hydrogen-bond donors (Lipinski definition) is 1. The Labute approximate surface area is 128 Å². The van der Waals surface area contributed by atoms with Gasteiger partial charge in [-0.15, -0.1) is 0 Å². The second-order valence-corrected chi connectivity index (χ2v) is 5.73. The lowest BCUT2D eigenvalue weighted by molar-refractivity contribution is 0.596. The van der Waals surface area contributed by atoms with Gasteiger partial charge in [0.2, 0.25) is 0 Å². The third-order valence-corrected chi connectivity index (χ3v) is 3.84. The zero-order chi connectivity index (χ0) is 15.2. The molecular formula is C19H26N2. The molecule has 0 fully saturated rings. The smallest absolute Gasteiger partial charge is 0.0579 e. The number of hydrogen-bond acceptors (Lipinski definition) is 2. The summed E-state index contributed by atoms with van der Waals surface area (Å²) in [4.78, 5) is 2.13. The van der Waals surface area contributed by atoms with E-state index < -0.39 is 0 Å². The SMILES string of the molecule is CCCNC(c1ccc(N(C)C)cc1)c1ccccc1C. The highest BCUT2D eigenvalue weighted by Crippen LogP contribution is 2.26. The molecule has 112 valence electrons. The molecule has 0 saturated carbocycles. The fraction of sp³-hybridized carbons (Fsp3) is 0.368. The molecule has 0 spiro atoms. The van der Waals surface area contributed by atoms with Crippen LogP contribution in [0.2, 0.25) is 0 Å². The van der Waals surface area contributed by atoms with Crippen LogP contribution in [0.5, 0.6) is 0 Å². The molecule has 0 aliphatic carbocycles. The lowest BCUT2D eigenvalue weighted by Crippen LogP contribution is -2.24. The van der Waals surface area contributed by atoms with Crippen molar-refractivity contribution >= 4 is 5.69 Å². The molecule has 0 aromatic heterocycles. The maximum atomic E-state index is 3.68. The fourth-order valence-corrected chi connectivity index (χ4v) is 2.57. The van der Waals surface area contributed by atoms with Gasteiger partial charge in [-0.2, -0.15) is 0 Å². The summed E-state index contributed by atoms with van der Waals surface area (Å²) in [5, 5.41) is 3.68. The molecule has 0 bridgehead atoms. The van der Waals surface area contributed by atoms with Crippen LogP contribution >= 0.6 is 0 Å². The Balaban J connectivity index is 2.33. The van der Waals surface area contributed by atoms with E-state index in [9.17, 15) is 0 Å². The first-order valence-corrected chi connectivity index (χ1v) is 7.69. The molecule has 2 heteroatoms. The predicted octanol–water partition coefficient (Wildman–Crippen LogP) is 4.15.